The molecule has 3 heteroatoms. The van der Waals surface area contributed by atoms with Crippen LogP contribution in [0.1, 0.15) is 34.1 Å². The Balaban J connectivity index is 4.33. The second-order valence-corrected chi connectivity index (χ2v) is 5.00. The second kappa shape index (κ2) is 5.35. The first-order chi connectivity index (χ1) is 6.31. The molecule has 84 valence electrons. The third-order valence-electron chi connectivity index (χ3n) is 2.31. The number of hydrogen-bond donors (Lipinski definition) is 1. The van der Waals surface area contributed by atoms with Gasteiger partial charge in [-0.25, -0.2) is 0 Å². The van der Waals surface area contributed by atoms with Crippen LogP contribution in [0.25, 0.3) is 0 Å². The number of amides is 1. The Bertz CT molecular complexity index is 188. The van der Waals surface area contributed by atoms with E-state index in [-0.39, 0.29) is 11.3 Å². The topological polar surface area (TPSA) is 46.3 Å². The Hall–Kier alpha value is -0.570. The first kappa shape index (κ1) is 13.4. The van der Waals surface area contributed by atoms with Gasteiger partial charge in [0.05, 0.1) is 0 Å². The van der Waals surface area contributed by atoms with Gasteiger partial charge in [0.15, 0.2) is 0 Å². The molecule has 14 heavy (non-hydrogen) atoms. The van der Waals surface area contributed by atoms with Crippen molar-refractivity contribution < 1.29 is 4.79 Å². The van der Waals surface area contributed by atoms with Crippen molar-refractivity contribution in [3.63, 3.8) is 0 Å². The first-order valence-corrected chi connectivity index (χ1v) is 5.27. The summed E-state index contributed by atoms with van der Waals surface area (Å²) in [5, 5.41) is 0. The highest BCUT2D eigenvalue weighted by atomic mass is 16.2. The molecule has 0 radical (unpaired) electrons. The lowest BCUT2D eigenvalue weighted by molar-refractivity contribution is -0.139. The highest BCUT2D eigenvalue weighted by molar-refractivity contribution is 5.81. The summed E-state index contributed by atoms with van der Waals surface area (Å²) < 4.78 is 0. The van der Waals surface area contributed by atoms with Gasteiger partial charge in [-0.1, -0.05) is 27.7 Å². The molecule has 0 aromatic heterocycles. The van der Waals surface area contributed by atoms with Crippen molar-refractivity contribution in [3.8, 4) is 0 Å². The molecule has 0 aliphatic heterocycles. The summed E-state index contributed by atoms with van der Waals surface area (Å²) in [6.45, 7) is 9.45. The van der Waals surface area contributed by atoms with Crippen molar-refractivity contribution in [2.24, 2.45) is 17.1 Å². The Morgan fingerprint density at radius 3 is 2.29 bits per heavy atom. The summed E-state index contributed by atoms with van der Waals surface area (Å²) in [7, 11) is 1.82. The zero-order valence-corrected chi connectivity index (χ0v) is 10.1. The van der Waals surface area contributed by atoms with Crippen LogP contribution in [0.3, 0.4) is 0 Å². The molecule has 2 N–H and O–H groups in total. The quantitative estimate of drug-likeness (QED) is 0.730. The molecule has 0 fully saturated rings. The molecule has 0 aromatic carbocycles. The fraction of sp³-hybridized carbons (Fsp3) is 0.909. The minimum absolute atomic E-state index is 0.191. The number of nitrogens with zero attached hydrogens (tertiary/aromatic N) is 1. The molecule has 0 saturated carbocycles. The van der Waals surface area contributed by atoms with Crippen molar-refractivity contribution in [3.05, 3.63) is 0 Å². The van der Waals surface area contributed by atoms with Gasteiger partial charge in [-0.05, 0) is 12.3 Å². The van der Waals surface area contributed by atoms with E-state index in [2.05, 4.69) is 13.8 Å². The lowest BCUT2D eigenvalue weighted by Gasteiger charge is -2.30. The van der Waals surface area contributed by atoms with Crippen molar-refractivity contribution in [2.45, 2.75) is 34.1 Å². The van der Waals surface area contributed by atoms with E-state index in [1.54, 1.807) is 4.90 Å². The minimum atomic E-state index is -0.266. The van der Waals surface area contributed by atoms with E-state index in [1.165, 1.54) is 0 Å². The van der Waals surface area contributed by atoms with E-state index in [9.17, 15) is 4.79 Å². The van der Waals surface area contributed by atoms with Crippen LogP contribution in [0.4, 0.5) is 0 Å². The van der Waals surface area contributed by atoms with Gasteiger partial charge in [-0.3, -0.25) is 4.79 Å². The number of carbonyl (C=O) groups excluding carboxylic acids is 1. The normalized spacial score (nSPS) is 11.9. The van der Waals surface area contributed by atoms with Crippen LogP contribution in [-0.2, 0) is 4.79 Å². The number of hydrogen-bond acceptors (Lipinski definition) is 2. The van der Waals surface area contributed by atoms with E-state index in [0.717, 1.165) is 6.42 Å². The fourth-order valence-corrected chi connectivity index (χ4v) is 1.92. The van der Waals surface area contributed by atoms with Crippen LogP contribution in [0.15, 0.2) is 0 Å². The van der Waals surface area contributed by atoms with E-state index >= 15 is 0 Å². The van der Waals surface area contributed by atoms with Gasteiger partial charge in [0.1, 0.15) is 0 Å². The third-order valence-corrected chi connectivity index (χ3v) is 2.31. The molecule has 3 nitrogen and oxygen atoms in total. The van der Waals surface area contributed by atoms with Crippen LogP contribution in [0, 0.1) is 11.3 Å². The summed E-state index contributed by atoms with van der Waals surface area (Å²) in [6, 6.07) is 0. The summed E-state index contributed by atoms with van der Waals surface area (Å²) in [6.07, 6.45) is 0.917. The maximum Gasteiger partial charge on any atom is 0.228 e. The molecule has 0 aromatic rings. The molecule has 0 unspecified atom stereocenters. The molecule has 0 aliphatic rings. The molecule has 0 saturated heterocycles. The number of rotatable bonds is 5. The maximum absolute atomic E-state index is 12.0. The summed E-state index contributed by atoms with van der Waals surface area (Å²) in [5.41, 5.74) is 5.15. The van der Waals surface area contributed by atoms with Gasteiger partial charge in [-0.2, -0.15) is 0 Å². The van der Waals surface area contributed by atoms with Crippen LogP contribution >= 0.6 is 0 Å². The second-order valence-electron chi connectivity index (χ2n) is 5.00. The van der Waals surface area contributed by atoms with Crippen molar-refractivity contribution in [2.75, 3.05) is 20.1 Å². The predicted molar refractivity (Wildman–Crippen MR) is 59.9 cm³/mol. The number of carbonyl (C=O) groups is 1. The average Bonchev–Trinajstić information content (AvgIpc) is 2.01. The Labute approximate surface area is 87.6 Å². The molecule has 0 atom stereocenters. The lowest BCUT2D eigenvalue weighted by atomic mass is 9.83. The molecule has 0 heterocycles. The zero-order valence-electron chi connectivity index (χ0n) is 10.1. The third kappa shape index (κ3) is 4.09. The zero-order chi connectivity index (χ0) is 11.4. The van der Waals surface area contributed by atoms with Crippen molar-refractivity contribution >= 4 is 5.91 Å². The highest BCUT2D eigenvalue weighted by Crippen LogP contribution is 2.27. The SMILES string of the molecule is CC(C)CC(C)(C)C(=O)N(C)CCN. The van der Waals surface area contributed by atoms with Gasteiger partial charge in [0.25, 0.3) is 0 Å². The van der Waals surface area contributed by atoms with E-state index in [0.29, 0.717) is 19.0 Å². The monoisotopic (exact) mass is 200 g/mol. The molecule has 0 rings (SSSR count). The van der Waals surface area contributed by atoms with E-state index in [4.69, 9.17) is 5.73 Å². The number of nitrogens with two attached hydrogens (primary N) is 1. The van der Waals surface area contributed by atoms with Gasteiger partial charge < -0.3 is 10.6 Å². The smallest absolute Gasteiger partial charge is 0.228 e. The lowest BCUT2D eigenvalue weighted by Crippen LogP contribution is -2.41. The van der Waals surface area contributed by atoms with Crippen LogP contribution in [-0.4, -0.2) is 30.9 Å². The molecule has 0 aliphatic carbocycles. The molecule has 0 spiro atoms. The molecular weight excluding hydrogens is 176 g/mol. The largest absolute Gasteiger partial charge is 0.344 e. The van der Waals surface area contributed by atoms with E-state index < -0.39 is 0 Å². The Kier molecular flexibility index (Phi) is 5.13. The number of likely N-dealkylation sites (N-methyl/N-ethyl adjacent to an activating group) is 1. The first-order valence-electron chi connectivity index (χ1n) is 5.27. The summed E-state index contributed by atoms with van der Waals surface area (Å²) in [4.78, 5) is 13.7. The predicted octanol–water partition coefficient (Wildman–Crippen LogP) is 1.48. The van der Waals surface area contributed by atoms with Gasteiger partial charge in [0, 0.05) is 25.6 Å². The van der Waals surface area contributed by atoms with Crippen LogP contribution in [0.2, 0.25) is 0 Å². The Morgan fingerprint density at radius 2 is 1.93 bits per heavy atom. The standard InChI is InChI=1S/C11H24N2O/c1-9(2)8-11(3,4)10(14)13(5)7-6-12/h9H,6-8,12H2,1-5H3. The summed E-state index contributed by atoms with van der Waals surface area (Å²) >= 11 is 0. The molecule has 0 bridgehead atoms. The van der Waals surface area contributed by atoms with Crippen LogP contribution in [0.5, 0.6) is 0 Å². The highest BCUT2D eigenvalue weighted by Gasteiger charge is 2.30. The van der Waals surface area contributed by atoms with Gasteiger partial charge >= 0.3 is 0 Å². The average molecular weight is 200 g/mol. The van der Waals surface area contributed by atoms with Crippen molar-refractivity contribution in [1.82, 2.24) is 4.90 Å². The van der Waals surface area contributed by atoms with E-state index in [1.807, 2.05) is 20.9 Å². The molecular formula is C11H24N2O. The van der Waals surface area contributed by atoms with Gasteiger partial charge in [-0.15, -0.1) is 0 Å². The van der Waals surface area contributed by atoms with Gasteiger partial charge in [0.2, 0.25) is 5.91 Å². The molecule has 1 amide bonds. The Morgan fingerprint density at radius 1 is 1.43 bits per heavy atom. The summed E-state index contributed by atoms with van der Waals surface area (Å²) in [5.74, 6) is 0.733. The fourth-order valence-electron chi connectivity index (χ4n) is 1.92. The maximum atomic E-state index is 12.0. The van der Waals surface area contributed by atoms with Crippen LogP contribution < -0.4 is 5.73 Å². The van der Waals surface area contributed by atoms with Crippen molar-refractivity contribution in [1.29, 1.82) is 0 Å². The minimum Gasteiger partial charge on any atom is -0.344 e.